The van der Waals surface area contributed by atoms with E-state index in [1.165, 1.54) is 54.9 Å². The quantitative estimate of drug-likeness (QED) is 0.327. The lowest BCUT2D eigenvalue weighted by atomic mass is 10.1. The van der Waals surface area contributed by atoms with Crippen LogP contribution < -0.4 is 10.3 Å². The van der Waals surface area contributed by atoms with Gasteiger partial charge in [-0.05, 0) is 36.4 Å². The predicted molar refractivity (Wildman–Crippen MR) is 123 cm³/mol. The molecular weight excluding hydrogens is 478 g/mol. The molecule has 2 aromatic carbocycles. The molecule has 1 aromatic heterocycles. The topological polar surface area (TPSA) is 143 Å². The van der Waals surface area contributed by atoms with Gasteiger partial charge in [-0.3, -0.25) is 39.7 Å². The molecule has 1 aliphatic rings. The van der Waals surface area contributed by atoms with E-state index in [0.29, 0.717) is 10.0 Å². The molecule has 3 aromatic rings. The number of hydrogen-bond donors (Lipinski definition) is 1. The summed E-state index contributed by atoms with van der Waals surface area (Å²) in [4.78, 5) is 67.7. The van der Waals surface area contributed by atoms with Gasteiger partial charge in [-0.2, -0.15) is 0 Å². The van der Waals surface area contributed by atoms with Gasteiger partial charge in [-0.15, -0.1) is 0 Å². The number of para-hydroxylation sites is 1. The Labute approximate surface area is 203 Å². The SMILES string of the molecule is O=C(NN(C(=O)c1cccnc1)C1CC(=O)N(c2cccc(Cl)c2)C1=O)c1ccccc1[N+](=O)[O-]. The van der Waals surface area contributed by atoms with Gasteiger partial charge in [0.15, 0.2) is 0 Å². The molecule has 1 unspecified atom stereocenters. The average Bonchev–Trinajstić information content (AvgIpc) is 3.15. The summed E-state index contributed by atoms with van der Waals surface area (Å²) in [5, 5.41) is 12.4. The Morgan fingerprint density at radius 1 is 1.11 bits per heavy atom. The first-order chi connectivity index (χ1) is 16.8. The van der Waals surface area contributed by atoms with Crippen LogP contribution in [0.4, 0.5) is 11.4 Å². The molecule has 0 spiro atoms. The van der Waals surface area contributed by atoms with Crippen molar-refractivity contribution in [3.05, 3.63) is 99.3 Å². The van der Waals surface area contributed by atoms with Crippen LogP contribution in [0.5, 0.6) is 0 Å². The number of imide groups is 1. The maximum Gasteiger partial charge on any atom is 0.282 e. The largest absolute Gasteiger partial charge is 0.282 e. The fraction of sp³-hybridized carbons (Fsp3) is 0.0870. The highest BCUT2D eigenvalue weighted by atomic mass is 35.5. The van der Waals surface area contributed by atoms with Crippen molar-refractivity contribution < 1.29 is 24.1 Å². The number of halogens is 1. The Hall–Kier alpha value is -4.64. The Kier molecular flexibility index (Phi) is 6.51. The normalized spacial score (nSPS) is 15.1. The molecule has 0 saturated carbocycles. The molecule has 2 heterocycles. The van der Waals surface area contributed by atoms with Gasteiger partial charge in [0, 0.05) is 23.5 Å². The molecule has 176 valence electrons. The minimum atomic E-state index is -1.42. The predicted octanol–water partition coefficient (Wildman–Crippen LogP) is 2.76. The number of nitro benzene ring substituents is 1. The van der Waals surface area contributed by atoms with E-state index in [-0.39, 0.29) is 16.8 Å². The molecule has 1 saturated heterocycles. The standard InChI is InChI=1S/C23H16ClN5O6/c24-15-6-3-7-16(11-15)27-20(30)12-19(23(27)33)28(22(32)14-5-4-10-25-13-14)26-21(31)17-8-1-2-9-18(17)29(34)35/h1-11,13,19H,12H2,(H,26,31). The summed E-state index contributed by atoms with van der Waals surface area (Å²) in [6, 6.07) is 12.7. The number of carbonyl (C=O) groups is 4. The van der Waals surface area contributed by atoms with Gasteiger partial charge in [0.25, 0.3) is 23.4 Å². The highest BCUT2D eigenvalue weighted by Gasteiger charge is 2.46. The number of nitrogens with one attached hydrogen (secondary N) is 1. The van der Waals surface area contributed by atoms with Crippen molar-refractivity contribution in [3.8, 4) is 0 Å². The third-order valence-electron chi connectivity index (χ3n) is 5.20. The van der Waals surface area contributed by atoms with Gasteiger partial charge in [0.1, 0.15) is 11.6 Å². The van der Waals surface area contributed by atoms with Crippen molar-refractivity contribution >= 4 is 46.6 Å². The van der Waals surface area contributed by atoms with E-state index in [2.05, 4.69) is 10.4 Å². The van der Waals surface area contributed by atoms with Crippen LogP contribution in [0.3, 0.4) is 0 Å². The second-order valence-electron chi connectivity index (χ2n) is 7.40. The van der Waals surface area contributed by atoms with Crippen molar-refractivity contribution in [1.29, 1.82) is 0 Å². The molecule has 1 fully saturated rings. The second-order valence-corrected chi connectivity index (χ2v) is 7.84. The average molecular weight is 494 g/mol. The van der Waals surface area contributed by atoms with Crippen LogP contribution in [0, 0.1) is 10.1 Å². The van der Waals surface area contributed by atoms with E-state index in [1.54, 1.807) is 12.1 Å². The lowest BCUT2D eigenvalue weighted by Gasteiger charge is -2.27. The third-order valence-corrected chi connectivity index (χ3v) is 5.43. The van der Waals surface area contributed by atoms with E-state index < -0.39 is 46.7 Å². The smallest absolute Gasteiger partial charge is 0.274 e. The summed E-state index contributed by atoms with van der Waals surface area (Å²) in [6.45, 7) is 0. The second kappa shape index (κ2) is 9.69. The van der Waals surface area contributed by atoms with Crippen molar-refractivity contribution in [2.75, 3.05) is 4.90 Å². The molecule has 0 aliphatic carbocycles. The number of hydrazine groups is 1. The number of hydrogen-bond acceptors (Lipinski definition) is 7. The van der Waals surface area contributed by atoms with E-state index >= 15 is 0 Å². The molecular formula is C23H16ClN5O6. The first-order valence-electron chi connectivity index (χ1n) is 10.2. The first kappa shape index (κ1) is 23.5. The molecule has 4 amide bonds. The zero-order chi connectivity index (χ0) is 25.1. The fourth-order valence-corrected chi connectivity index (χ4v) is 3.78. The minimum Gasteiger partial charge on any atom is -0.274 e. The molecule has 35 heavy (non-hydrogen) atoms. The van der Waals surface area contributed by atoms with E-state index in [9.17, 15) is 29.3 Å². The lowest BCUT2D eigenvalue weighted by Crippen LogP contribution is -2.54. The number of anilines is 1. The van der Waals surface area contributed by atoms with Crippen molar-refractivity contribution in [2.45, 2.75) is 12.5 Å². The summed E-state index contributed by atoms with van der Waals surface area (Å²) < 4.78 is 0. The van der Waals surface area contributed by atoms with Crippen LogP contribution in [0.25, 0.3) is 0 Å². The summed E-state index contributed by atoms with van der Waals surface area (Å²) in [7, 11) is 0. The van der Waals surface area contributed by atoms with Crippen molar-refractivity contribution in [2.24, 2.45) is 0 Å². The molecule has 11 nitrogen and oxygen atoms in total. The zero-order valence-corrected chi connectivity index (χ0v) is 18.6. The van der Waals surface area contributed by atoms with Crippen molar-refractivity contribution in [1.82, 2.24) is 15.4 Å². The number of aromatic nitrogens is 1. The van der Waals surface area contributed by atoms with Crippen molar-refractivity contribution in [3.63, 3.8) is 0 Å². The number of benzene rings is 2. The van der Waals surface area contributed by atoms with Gasteiger partial charge >= 0.3 is 0 Å². The Morgan fingerprint density at radius 2 is 1.89 bits per heavy atom. The minimum absolute atomic E-state index is 0.0248. The zero-order valence-electron chi connectivity index (χ0n) is 17.8. The van der Waals surface area contributed by atoms with E-state index in [0.717, 1.165) is 11.0 Å². The third kappa shape index (κ3) is 4.70. The molecule has 0 radical (unpaired) electrons. The number of amides is 4. The fourth-order valence-electron chi connectivity index (χ4n) is 3.60. The lowest BCUT2D eigenvalue weighted by molar-refractivity contribution is -0.385. The van der Waals surface area contributed by atoms with Crippen LogP contribution in [0.15, 0.2) is 73.1 Å². The monoisotopic (exact) mass is 493 g/mol. The van der Waals surface area contributed by atoms with Gasteiger partial charge in [0.05, 0.1) is 22.6 Å². The summed E-state index contributed by atoms with van der Waals surface area (Å²) in [6.07, 6.45) is 2.22. The van der Waals surface area contributed by atoms with E-state index in [1.807, 2.05) is 0 Å². The number of carbonyl (C=O) groups excluding carboxylic acids is 4. The Bertz CT molecular complexity index is 1350. The first-order valence-corrected chi connectivity index (χ1v) is 10.6. The number of pyridine rings is 1. The number of rotatable bonds is 5. The summed E-state index contributed by atoms with van der Waals surface area (Å²) >= 11 is 5.99. The van der Waals surface area contributed by atoms with Crippen LogP contribution in [0.1, 0.15) is 27.1 Å². The van der Waals surface area contributed by atoms with Gasteiger partial charge < -0.3 is 0 Å². The highest BCUT2D eigenvalue weighted by molar-refractivity contribution is 6.31. The summed E-state index contributed by atoms with van der Waals surface area (Å²) in [5.74, 6) is -3.23. The molecule has 12 heteroatoms. The van der Waals surface area contributed by atoms with Gasteiger partial charge in [-0.1, -0.05) is 29.8 Å². The van der Waals surface area contributed by atoms with E-state index in [4.69, 9.17) is 11.6 Å². The number of nitrogens with zero attached hydrogens (tertiary/aromatic N) is 4. The van der Waals surface area contributed by atoms with Gasteiger partial charge in [-0.25, -0.2) is 9.91 Å². The summed E-state index contributed by atoms with van der Waals surface area (Å²) in [5.41, 5.74) is 1.70. The molecule has 0 bridgehead atoms. The van der Waals surface area contributed by atoms with Crippen LogP contribution in [-0.4, -0.2) is 44.6 Å². The highest BCUT2D eigenvalue weighted by Crippen LogP contribution is 2.28. The Balaban J connectivity index is 1.71. The maximum atomic E-state index is 13.3. The molecule has 4 rings (SSSR count). The van der Waals surface area contributed by atoms with Gasteiger partial charge in [0.2, 0.25) is 5.91 Å². The van der Waals surface area contributed by atoms with Crippen LogP contribution >= 0.6 is 11.6 Å². The molecule has 1 N–H and O–H groups in total. The van der Waals surface area contributed by atoms with Crippen LogP contribution in [-0.2, 0) is 9.59 Å². The molecule has 1 atom stereocenters. The Morgan fingerprint density at radius 3 is 2.57 bits per heavy atom. The maximum absolute atomic E-state index is 13.3. The number of nitro groups is 1. The molecule has 1 aliphatic heterocycles. The van der Waals surface area contributed by atoms with Crippen LogP contribution in [0.2, 0.25) is 5.02 Å².